The van der Waals surface area contributed by atoms with E-state index in [1.807, 2.05) is 0 Å². The summed E-state index contributed by atoms with van der Waals surface area (Å²) in [6.45, 7) is 1.93. The second-order valence-corrected chi connectivity index (χ2v) is 8.53. The van der Waals surface area contributed by atoms with Crippen molar-refractivity contribution in [1.82, 2.24) is 14.6 Å². The number of nitrogens with zero attached hydrogens (tertiary/aromatic N) is 3. The largest absolute Gasteiger partial charge is 0.456 e. The number of amides is 1. The van der Waals surface area contributed by atoms with E-state index in [0.29, 0.717) is 21.9 Å². The Morgan fingerprint density at radius 3 is 2.50 bits per heavy atom. The first kappa shape index (κ1) is 23.2. The molecule has 0 aliphatic rings. The summed E-state index contributed by atoms with van der Waals surface area (Å²) in [5.41, 5.74) is 1.07. The first-order valence-electron chi connectivity index (χ1n) is 10.7. The number of hydrogen-bond donors (Lipinski definition) is 1. The molecule has 0 fully saturated rings. The maximum absolute atomic E-state index is 13.0. The van der Waals surface area contributed by atoms with Crippen molar-refractivity contribution in [3.8, 4) is 0 Å². The second kappa shape index (κ2) is 10.3. The molecule has 10 heteroatoms. The van der Waals surface area contributed by atoms with E-state index < -0.39 is 17.7 Å². The number of fused-ring (bicyclic) bond motifs is 1. The second-order valence-electron chi connectivity index (χ2n) is 7.49. The van der Waals surface area contributed by atoms with Crippen molar-refractivity contribution in [2.24, 2.45) is 0 Å². The van der Waals surface area contributed by atoms with Gasteiger partial charge in [0, 0.05) is 23.7 Å². The molecule has 0 aliphatic carbocycles. The molecule has 2 aromatic carbocycles. The number of carbonyl (C=O) groups is 2. The Balaban J connectivity index is 1.37. The first-order valence-corrected chi connectivity index (χ1v) is 11.5. The van der Waals surface area contributed by atoms with E-state index in [4.69, 9.17) is 4.74 Å². The topological polar surface area (TPSA) is 103 Å². The molecular formula is C24H21FN4O4S. The Kier molecular flexibility index (Phi) is 7.07. The van der Waals surface area contributed by atoms with Crippen molar-refractivity contribution < 1.29 is 18.7 Å². The van der Waals surface area contributed by atoms with Crippen LogP contribution in [-0.2, 0) is 17.8 Å². The number of aromatic nitrogens is 3. The van der Waals surface area contributed by atoms with Crippen molar-refractivity contribution in [2.75, 3.05) is 5.32 Å². The molecule has 0 saturated carbocycles. The lowest BCUT2D eigenvalue weighted by Gasteiger charge is -2.07. The Bertz CT molecular complexity index is 1380. The highest BCUT2D eigenvalue weighted by molar-refractivity contribution is 7.16. The molecule has 34 heavy (non-hydrogen) atoms. The van der Waals surface area contributed by atoms with Crippen molar-refractivity contribution in [3.05, 3.63) is 92.6 Å². The lowest BCUT2D eigenvalue weighted by molar-refractivity contribution is 0.0467. The molecule has 0 radical (unpaired) electrons. The Morgan fingerprint density at radius 1 is 1.09 bits per heavy atom. The van der Waals surface area contributed by atoms with Gasteiger partial charge in [-0.1, -0.05) is 24.7 Å². The fourth-order valence-corrected chi connectivity index (χ4v) is 4.08. The summed E-state index contributed by atoms with van der Waals surface area (Å²) in [5, 5.41) is 7.81. The summed E-state index contributed by atoms with van der Waals surface area (Å²) in [6.07, 6.45) is 2.80. The molecule has 1 amide bonds. The highest BCUT2D eigenvalue weighted by atomic mass is 32.1. The molecule has 0 saturated heterocycles. The van der Waals surface area contributed by atoms with E-state index in [1.165, 1.54) is 58.3 Å². The molecule has 174 valence electrons. The van der Waals surface area contributed by atoms with Crippen LogP contribution in [0.2, 0.25) is 0 Å². The molecule has 0 unspecified atom stereocenters. The van der Waals surface area contributed by atoms with E-state index in [1.54, 1.807) is 12.1 Å². The summed E-state index contributed by atoms with van der Waals surface area (Å²) in [7, 11) is 0. The first-order chi connectivity index (χ1) is 16.4. The van der Waals surface area contributed by atoms with Crippen LogP contribution in [0.3, 0.4) is 0 Å². The van der Waals surface area contributed by atoms with Gasteiger partial charge in [0.15, 0.2) is 0 Å². The van der Waals surface area contributed by atoms with Gasteiger partial charge >= 0.3 is 5.97 Å². The molecule has 1 N–H and O–H groups in total. The molecule has 4 rings (SSSR count). The van der Waals surface area contributed by atoms with Crippen LogP contribution in [0, 0.1) is 5.82 Å². The van der Waals surface area contributed by atoms with Gasteiger partial charge in [0.1, 0.15) is 17.4 Å². The lowest BCUT2D eigenvalue weighted by Crippen LogP contribution is -2.16. The Labute approximate surface area is 198 Å². The number of ether oxygens (including phenoxy) is 1. The highest BCUT2D eigenvalue weighted by Gasteiger charge is 2.13. The van der Waals surface area contributed by atoms with Crippen molar-refractivity contribution in [2.45, 2.75) is 32.8 Å². The molecular weight excluding hydrogens is 459 g/mol. The number of anilines is 1. The zero-order valence-corrected chi connectivity index (χ0v) is 19.1. The Hall–Kier alpha value is -3.92. The maximum Gasteiger partial charge on any atom is 0.338 e. The van der Waals surface area contributed by atoms with Crippen molar-refractivity contribution in [1.29, 1.82) is 0 Å². The predicted molar refractivity (Wildman–Crippen MR) is 126 cm³/mol. The number of esters is 1. The molecule has 0 spiro atoms. The number of carbonyl (C=O) groups excluding carboxylic acids is 2. The third kappa shape index (κ3) is 5.52. The molecule has 2 aromatic heterocycles. The molecule has 0 aliphatic heterocycles. The standard InChI is InChI=1S/C24H21FN4O4S/c1-2-3-4-20-28-29-21(30)13-19(27-24(29)34-20)14-33-23(32)16-7-11-18(12-8-16)26-22(31)15-5-9-17(25)10-6-15/h5-13H,2-4,14H2,1H3,(H,26,31). The monoisotopic (exact) mass is 480 g/mol. The maximum atomic E-state index is 13.0. The number of aryl methyl sites for hydroxylation is 1. The van der Waals surface area contributed by atoms with Crippen LogP contribution in [0.5, 0.6) is 0 Å². The third-order valence-corrected chi connectivity index (χ3v) is 5.89. The molecule has 8 nitrogen and oxygen atoms in total. The fraction of sp³-hybridized carbons (Fsp3) is 0.208. The van der Waals surface area contributed by atoms with E-state index >= 15 is 0 Å². The predicted octanol–water partition coefficient (Wildman–Crippen LogP) is 4.24. The zero-order valence-electron chi connectivity index (χ0n) is 18.3. The highest BCUT2D eigenvalue weighted by Crippen LogP contribution is 2.16. The van der Waals surface area contributed by atoms with Gasteiger partial charge in [-0.15, -0.1) is 0 Å². The van der Waals surface area contributed by atoms with Crippen molar-refractivity contribution >= 4 is 33.9 Å². The van der Waals surface area contributed by atoms with Gasteiger partial charge in [0.25, 0.3) is 11.5 Å². The SMILES string of the molecule is CCCCc1nn2c(=O)cc(COC(=O)c3ccc(NC(=O)c4ccc(F)cc4)cc3)nc2s1. The summed E-state index contributed by atoms with van der Waals surface area (Å²) in [6, 6.07) is 12.6. The molecule has 2 heterocycles. The fourth-order valence-electron chi connectivity index (χ4n) is 3.12. The average molecular weight is 481 g/mol. The minimum absolute atomic E-state index is 0.157. The summed E-state index contributed by atoms with van der Waals surface area (Å²) in [4.78, 5) is 41.8. The van der Waals surface area contributed by atoms with Crippen LogP contribution in [-0.4, -0.2) is 26.5 Å². The summed E-state index contributed by atoms with van der Waals surface area (Å²) >= 11 is 1.35. The van der Waals surface area contributed by atoms with Gasteiger partial charge in [-0.25, -0.2) is 14.2 Å². The van der Waals surface area contributed by atoms with Gasteiger partial charge in [0.2, 0.25) is 4.96 Å². The number of hydrogen-bond acceptors (Lipinski definition) is 7. The van der Waals surface area contributed by atoms with Crippen LogP contribution < -0.4 is 10.9 Å². The van der Waals surface area contributed by atoms with Gasteiger partial charge in [-0.2, -0.15) is 9.61 Å². The number of nitrogens with one attached hydrogen (secondary N) is 1. The van der Waals surface area contributed by atoms with Crippen LogP contribution >= 0.6 is 11.3 Å². The van der Waals surface area contributed by atoms with Crippen molar-refractivity contribution in [3.63, 3.8) is 0 Å². The summed E-state index contributed by atoms with van der Waals surface area (Å²) < 4.78 is 19.6. The van der Waals surface area contributed by atoms with Crippen LogP contribution in [0.25, 0.3) is 4.96 Å². The normalized spacial score (nSPS) is 10.9. The number of unbranched alkanes of at least 4 members (excludes halogenated alkanes) is 1. The molecule has 0 bridgehead atoms. The van der Waals surface area contributed by atoms with Crippen LogP contribution in [0.1, 0.15) is 51.2 Å². The Morgan fingerprint density at radius 2 is 1.79 bits per heavy atom. The van der Waals surface area contributed by atoms with Gasteiger partial charge in [0.05, 0.1) is 11.3 Å². The minimum atomic E-state index is -0.591. The average Bonchev–Trinajstić information content (AvgIpc) is 3.25. The van der Waals surface area contributed by atoms with E-state index in [9.17, 15) is 18.8 Å². The van der Waals surface area contributed by atoms with Crippen LogP contribution in [0.15, 0.2) is 59.4 Å². The summed E-state index contributed by atoms with van der Waals surface area (Å²) in [5.74, 6) is -1.42. The van der Waals surface area contributed by atoms with Gasteiger partial charge in [-0.05, 0) is 55.0 Å². The molecule has 4 aromatic rings. The quantitative estimate of drug-likeness (QED) is 0.379. The molecule has 0 atom stereocenters. The van der Waals surface area contributed by atoms with Gasteiger partial charge in [-0.3, -0.25) is 9.59 Å². The number of halogens is 1. The van der Waals surface area contributed by atoms with E-state index in [0.717, 1.165) is 24.3 Å². The number of rotatable bonds is 8. The minimum Gasteiger partial charge on any atom is -0.456 e. The zero-order chi connectivity index (χ0) is 24.1. The van der Waals surface area contributed by atoms with E-state index in [-0.39, 0.29) is 17.7 Å². The number of benzene rings is 2. The lowest BCUT2D eigenvalue weighted by atomic mass is 10.2. The smallest absolute Gasteiger partial charge is 0.338 e. The van der Waals surface area contributed by atoms with E-state index in [2.05, 4.69) is 22.3 Å². The third-order valence-electron chi connectivity index (χ3n) is 4.92. The van der Waals surface area contributed by atoms with Crippen LogP contribution in [0.4, 0.5) is 10.1 Å². The van der Waals surface area contributed by atoms with Gasteiger partial charge < -0.3 is 10.1 Å².